The van der Waals surface area contributed by atoms with Gasteiger partial charge >= 0.3 is 18.2 Å². The van der Waals surface area contributed by atoms with Crippen LogP contribution in [0.5, 0.6) is 0 Å². The van der Waals surface area contributed by atoms with Crippen LogP contribution in [-0.4, -0.2) is 67.2 Å². The first-order valence-electron chi connectivity index (χ1n) is 7.89. The minimum absolute atomic E-state index is 0.185. The van der Waals surface area contributed by atoms with Crippen LogP contribution in [0, 0.1) is 11.8 Å². The number of carbonyl (C=O) groups excluding carboxylic acids is 1. The molecule has 1 aliphatic heterocycles. The van der Waals surface area contributed by atoms with E-state index >= 15 is 0 Å². The predicted octanol–water partition coefficient (Wildman–Crippen LogP) is 1.25. The van der Waals surface area contributed by atoms with Crippen molar-refractivity contribution >= 4 is 21.8 Å². The second-order valence-corrected chi connectivity index (χ2v) is 9.23. The number of hydrogen-bond acceptors (Lipinski definition) is 4. The Bertz CT molecular complexity index is 643. The average Bonchev–Trinajstić information content (AvgIpc) is 3.11. The number of urea groups is 1. The molecule has 11 heteroatoms. The molecule has 2 amide bonds. The minimum atomic E-state index is -4.72. The van der Waals surface area contributed by atoms with E-state index < -0.39 is 57.7 Å². The topological polar surface area (TPSA) is 104 Å². The highest BCUT2D eigenvalue weighted by Gasteiger charge is 2.54. The number of nitrogens with zero attached hydrogens (tertiary/aromatic N) is 1. The van der Waals surface area contributed by atoms with Gasteiger partial charge in [0.15, 0.2) is 9.84 Å². The lowest BCUT2D eigenvalue weighted by Crippen LogP contribution is -2.49. The number of carboxylic acids is 1. The fourth-order valence-electron chi connectivity index (χ4n) is 3.60. The third kappa shape index (κ3) is 4.01. The normalized spacial score (nSPS) is 26.6. The lowest BCUT2D eigenvalue weighted by atomic mass is 9.96. The van der Waals surface area contributed by atoms with E-state index in [2.05, 4.69) is 5.32 Å². The van der Waals surface area contributed by atoms with Gasteiger partial charge in [-0.05, 0) is 12.8 Å². The van der Waals surface area contributed by atoms with Gasteiger partial charge in [-0.15, -0.1) is 0 Å². The average molecular weight is 386 g/mol. The second kappa shape index (κ2) is 6.65. The Hall–Kier alpha value is -1.52. The Morgan fingerprint density at radius 1 is 1.24 bits per heavy atom. The largest absolute Gasteiger partial charge is 0.481 e. The summed E-state index contributed by atoms with van der Waals surface area (Å²) in [5, 5.41) is 11.4. The highest BCUT2D eigenvalue weighted by molar-refractivity contribution is 7.92. The fourth-order valence-corrected chi connectivity index (χ4v) is 4.96. The maximum Gasteiger partial charge on any atom is 0.394 e. The molecular formula is C14H21F3N2O5S. The van der Waals surface area contributed by atoms with Gasteiger partial charge in [0.25, 0.3) is 0 Å². The summed E-state index contributed by atoms with van der Waals surface area (Å²) in [6, 6.07) is -0.868. The molecule has 2 fully saturated rings. The van der Waals surface area contributed by atoms with Gasteiger partial charge in [0, 0.05) is 25.9 Å². The summed E-state index contributed by atoms with van der Waals surface area (Å²) >= 11 is 0. The Balaban J connectivity index is 2.05. The molecule has 1 saturated carbocycles. The zero-order valence-corrected chi connectivity index (χ0v) is 14.5. The van der Waals surface area contributed by atoms with E-state index in [1.807, 2.05) is 0 Å². The summed E-state index contributed by atoms with van der Waals surface area (Å²) in [5.41, 5.74) is 0. The predicted molar refractivity (Wildman–Crippen MR) is 81.7 cm³/mol. The van der Waals surface area contributed by atoms with Gasteiger partial charge in [-0.2, -0.15) is 13.2 Å². The van der Waals surface area contributed by atoms with Crippen LogP contribution < -0.4 is 5.32 Å². The molecule has 0 unspecified atom stereocenters. The van der Waals surface area contributed by atoms with Gasteiger partial charge in [-0.25, -0.2) is 13.2 Å². The molecule has 0 aromatic rings. The van der Waals surface area contributed by atoms with E-state index in [4.69, 9.17) is 5.11 Å². The third-order valence-electron chi connectivity index (χ3n) is 5.21. The fraction of sp³-hybridized carbons (Fsp3) is 0.857. The Morgan fingerprint density at radius 3 is 2.20 bits per heavy atom. The van der Waals surface area contributed by atoms with Crippen LogP contribution in [0.3, 0.4) is 0 Å². The Kier molecular flexibility index (Phi) is 5.27. The molecule has 2 aliphatic rings. The number of amides is 2. The molecule has 0 aromatic carbocycles. The van der Waals surface area contributed by atoms with Crippen molar-refractivity contribution in [2.75, 3.05) is 25.9 Å². The lowest BCUT2D eigenvalue weighted by molar-refractivity contribution is -0.187. The number of rotatable bonds is 4. The van der Waals surface area contributed by atoms with E-state index in [9.17, 15) is 31.2 Å². The smallest absolute Gasteiger partial charge is 0.394 e. The van der Waals surface area contributed by atoms with Crippen LogP contribution in [0.4, 0.5) is 18.0 Å². The SMILES string of the molecule is CS(=O)(=O)C1(CNC(=O)N2C[C@@H](C(F)(F)F)[C@H](C(=O)O)C2)CCCC1. The summed E-state index contributed by atoms with van der Waals surface area (Å²) in [4.78, 5) is 24.0. The Labute approximate surface area is 143 Å². The summed E-state index contributed by atoms with van der Waals surface area (Å²) in [6.07, 6.45) is -1.48. The van der Waals surface area contributed by atoms with Gasteiger partial charge in [0.2, 0.25) is 0 Å². The number of hydrogen-bond donors (Lipinski definition) is 2. The molecule has 2 N–H and O–H groups in total. The molecule has 0 radical (unpaired) electrons. The lowest BCUT2D eigenvalue weighted by Gasteiger charge is -2.28. The second-order valence-electron chi connectivity index (χ2n) is 6.82. The molecule has 1 saturated heterocycles. The van der Waals surface area contributed by atoms with E-state index in [1.165, 1.54) is 0 Å². The zero-order valence-electron chi connectivity index (χ0n) is 13.7. The van der Waals surface area contributed by atoms with E-state index in [-0.39, 0.29) is 6.54 Å². The standard InChI is InChI=1S/C14H21F3N2O5S/c1-25(23,24)13(4-2-3-5-13)8-18-12(22)19-6-9(11(20)21)10(7-19)14(15,16)17/h9-10H,2-8H2,1H3,(H,18,22)(H,20,21)/t9-,10-/m1/s1. The highest BCUT2D eigenvalue weighted by Crippen LogP contribution is 2.38. The van der Waals surface area contributed by atoms with Crippen LogP contribution in [-0.2, 0) is 14.6 Å². The van der Waals surface area contributed by atoms with Crippen molar-refractivity contribution in [3.8, 4) is 0 Å². The molecule has 0 spiro atoms. The van der Waals surface area contributed by atoms with Gasteiger partial charge < -0.3 is 15.3 Å². The van der Waals surface area contributed by atoms with Crippen LogP contribution in [0.1, 0.15) is 25.7 Å². The molecule has 1 heterocycles. The quantitative estimate of drug-likeness (QED) is 0.757. The molecule has 25 heavy (non-hydrogen) atoms. The molecular weight excluding hydrogens is 365 g/mol. The van der Waals surface area contributed by atoms with Crippen LogP contribution in [0.15, 0.2) is 0 Å². The molecule has 2 atom stereocenters. The summed E-state index contributed by atoms with van der Waals surface area (Å²) in [7, 11) is -3.45. The first kappa shape index (κ1) is 19.8. The zero-order chi connectivity index (χ0) is 19.0. The van der Waals surface area contributed by atoms with Crippen molar-refractivity contribution in [2.45, 2.75) is 36.6 Å². The number of halogens is 3. The van der Waals surface area contributed by atoms with Gasteiger partial charge in [-0.1, -0.05) is 12.8 Å². The molecule has 7 nitrogen and oxygen atoms in total. The Morgan fingerprint density at radius 2 is 1.80 bits per heavy atom. The first-order chi connectivity index (χ1) is 11.4. The number of alkyl halides is 3. The van der Waals surface area contributed by atoms with Crippen LogP contribution in [0.25, 0.3) is 0 Å². The number of sulfone groups is 1. The molecule has 2 rings (SSSR count). The highest BCUT2D eigenvalue weighted by atomic mass is 32.2. The number of carboxylic acid groups (broad SMARTS) is 1. The number of nitrogens with one attached hydrogen (secondary N) is 1. The third-order valence-corrected chi connectivity index (χ3v) is 7.33. The molecule has 0 aromatic heterocycles. The van der Waals surface area contributed by atoms with E-state index in [0.717, 1.165) is 11.2 Å². The van der Waals surface area contributed by atoms with E-state index in [1.54, 1.807) is 0 Å². The van der Waals surface area contributed by atoms with Crippen molar-refractivity contribution in [3.63, 3.8) is 0 Å². The van der Waals surface area contributed by atoms with E-state index in [0.29, 0.717) is 25.7 Å². The van der Waals surface area contributed by atoms with Gasteiger partial charge in [0.05, 0.1) is 16.6 Å². The molecule has 144 valence electrons. The van der Waals surface area contributed by atoms with Gasteiger partial charge in [0.1, 0.15) is 0 Å². The van der Waals surface area contributed by atoms with Crippen molar-refractivity contribution in [3.05, 3.63) is 0 Å². The van der Waals surface area contributed by atoms with Crippen LogP contribution in [0.2, 0.25) is 0 Å². The molecule has 1 aliphatic carbocycles. The maximum absolute atomic E-state index is 13.0. The number of carbonyl (C=O) groups is 2. The molecule has 0 bridgehead atoms. The summed E-state index contributed by atoms with van der Waals surface area (Å²) in [6.45, 7) is -1.50. The number of likely N-dealkylation sites (tertiary alicyclic amines) is 1. The monoisotopic (exact) mass is 386 g/mol. The summed E-state index contributed by atoms with van der Waals surface area (Å²) < 4.78 is 61.8. The van der Waals surface area contributed by atoms with Crippen molar-refractivity contribution < 1.29 is 36.3 Å². The van der Waals surface area contributed by atoms with Crippen LogP contribution >= 0.6 is 0 Å². The van der Waals surface area contributed by atoms with Crippen molar-refractivity contribution in [1.29, 1.82) is 0 Å². The van der Waals surface area contributed by atoms with Crippen molar-refractivity contribution in [1.82, 2.24) is 10.2 Å². The minimum Gasteiger partial charge on any atom is -0.481 e. The number of aliphatic carboxylic acids is 1. The van der Waals surface area contributed by atoms with Crippen molar-refractivity contribution in [2.24, 2.45) is 11.8 Å². The summed E-state index contributed by atoms with van der Waals surface area (Å²) in [5.74, 6) is -5.46. The first-order valence-corrected chi connectivity index (χ1v) is 9.78. The maximum atomic E-state index is 13.0. The van der Waals surface area contributed by atoms with Gasteiger partial charge in [-0.3, -0.25) is 4.79 Å².